The highest BCUT2D eigenvalue weighted by Gasteiger charge is 1.99. The van der Waals surface area contributed by atoms with Crippen LogP contribution in [0.15, 0.2) is 53.5 Å². The van der Waals surface area contributed by atoms with E-state index in [4.69, 9.17) is 0 Å². The summed E-state index contributed by atoms with van der Waals surface area (Å²) in [5.74, 6) is -0.794. The molecule has 0 aliphatic heterocycles. The third-order valence-corrected chi connectivity index (χ3v) is 2.10. The molecule has 0 saturated carbocycles. The Morgan fingerprint density at radius 1 is 0.812 bits per heavy atom. The molecule has 0 bridgehead atoms. The van der Waals surface area contributed by atoms with Crippen LogP contribution in [0.2, 0.25) is 0 Å². The standard InChI is InChI=1S/C13H9F2N/c14-11-6-2-1-5-10(11)9-16-13-8-4-3-7-12(13)15/h1-9H. The molecule has 2 rings (SSSR count). The topological polar surface area (TPSA) is 12.4 Å². The molecule has 16 heavy (non-hydrogen) atoms. The molecular weight excluding hydrogens is 208 g/mol. The van der Waals surface area contributed by atoms with Crippen LogP contribution >= 0.6 is 0 Å². The molecule has 0 fully saturated rings. The van der Waals surface area contributed by atoms with Gasteiger partial charge in [0.1, 0.15) is 11.6 Å². The van der Waals surface area contributed by atoms with Crippen molar-refractivity contribution in [1.29, 1.82) is 0 Å². The summed E-state index contributed by atoms with van der Waals surface area (Å²) in [6.07, 6.45) is 1.31. The van der Waals surface area contributed by atoms with Crippen LogP contribution in [-0.2, 0) is 0 Å². The Morgan fingerprint density at radius 2 is 1.44 bits per heavy atom. The molecule has 0 aliphatic rings. The zero-order valence-electron chi connectivity index (χ0n) is 8.40. The van der Waals surface area contributed by atoms with Crippen LogP contribution in [-0.4, -0.2) is 6.21 Å². The van der Waals surface area contributed by atoms with Crippen LogP contribution in [0.25, 0.3) is 0 Å². The zero-order valence-corrected chi connectivity index (χ0v) is 8.40. The van der Waals surface area contributed by atoms with Crippen molar-refractivity contribution in [3.63, 3.8) is 0 Å². The second-order valence-corrected chi connectivity index (χ2v) is 3.23. The minimum Gasteiger partial charge on any atom is -0.253 e. The molecule has 3 heteroatoms. The van der Waals surface area contributed by atoms with E-state index >= 15 is 0 Å². The first kappa shape index (κ1) is 10.5. The molecule has 2 aromatic rings. The minimum atomic E-state index is -0.421. The van der Waals surface area contributed by atoms with Gasteiger partial charge in [-0.25, -0.2) is 8.78 Å². The van der Waals surface area contributed by atoms with Crippen molar-refractivity contribution in [3.05, 3.63) is 65.7 Å². The van der Waals surface area contributed by atoms with E-state index < -0.39 is 5.82 Å². The van der Waals surface area contributed by atoms with Gasteiger partial charge in [0.05, 0.1) is 5.69 Å². The molecule has 0 saturated heterocycles. The molecule has 0 radical (unpaired) electrons. The monoisotopic (exact) mass is 217 g/mol. The van der Waals surface area contributed by atoms with Gasteiger partial charge in [-0.15, -0.1) is 0 Å². The highest BCUT2D eigenvalue weighted by Crippen LogP contribution is 2.16. The van der Waals surface area contributed by atoms with Crippen LogP contribution in [0.1, 0.15) is 5.56 Å². The molecule has 0 unspecified atom stereocenters. The van der Waals surface area contributed by atoms with Crippen LogP contribution in [0.3, 0.4) is 0 Å². The van der Waals surface area contributed by atoms with Gasteiger partial charge >= 0.3 is 0 Å². The summed E-state index contributed by atoms with van der Waals surface area (Å²) in [6, 6.07) is 12.3. The summed E-state index contributed by atoms with van der Waals surface area (Å²) < 4.78 is 26.4. The van der Waals surface area contributed by atoms with Crippen LogP contribution in [0.5, 0.6) is 0 Å². The predicted octanol–water partition coefficient (Wildman–Crippen LogP) is 3.72. The zero-order chi connectivity index (χ0) is 11.4. The second kappa shape index (κ2) is 4.66. The summed E-state index contributed by atoms with van der Waals surface area (Å²) in [5.41, 5.74) is 0.538. The molecule has 1 nitrogen and oxygen atoms in total. The van der Waals surface area contributed by atoms with Gasteiger partial charge in [0, 0.05) is 11.8 Å². The number of para-hydroxylation sites is 1. The van der Waals surface area contributed by atoms with Gasteiger partial charge in [-0.3, -0.25) is 4.99 Å². The number of hydrogen-bond donors (Lipinski definition) is 0. The SMILES string of the molecule is Fc1ccccc1C=Nc1ccccc1F. The van der Waals surface area contributed by atoms with Gasteiger partial charge in [-0.2, -0.15) is 0 Å². The van der Waals surface area contributed by atoms with Gasteiger partial charge in [-0.05, 0) is 18.2 Å². The van der Waals surface area contributed by atoms with Crippen molar-refractivity contribution in [2.24, 2.45) is 4.99 Å². The predicted molar refractivity (Wildman–Crippen MR) is 60.1 cm³/mol. The summed E-state index contributed by atoms with van der Waals surface area (Å²) >= 11 is 0. The fraction of sp³-hybridized carbons (Fsp3) is 0. The first-order chi connectivity index (χ1) is 7.77. The Bertz CT molecular complexity index is 473. The Morgan fingerprint density at radius 3 is 2.12 bits per heavy atom. The van der Waals surface area contributed by atoms with E-state index in [1.165, 1.54) is 24.4 Å². The molecule has 0 amide bonds. The molecule has 0 atom stereocenters. The Labute approximate surface area is 92.1 Å². The first-order valence-corrected chi connectivity index (χ1v) is 4.80. The van der Waals surface area contributed by atoms with Crippen molar-refractivity contribution >= 4 is 11.9 Å². The quantitative estimate of drug-likeness (QED) is 0.680. The lowest BCUT2D eigenvalue weighted by Crippen LogP contribution is -1.86. The van der Waals surface area contributed by atoms with E-state index in [2.05, 4.69) is 4.99 Å². The van der Waals surface area contributed by atoms with Gasteiger partial charge in [-0.1, -0.05) is 30.3 Å². The number of aliphatic imine (C=N–C) groups is 1. The first-order valence-electron chi connectivity index (χ1n) is 4.80. The number of halogens is 2. The number of nitrogens with zero attached hydrogens (tertiary/aromatic N) is 1. The van der Waals surface area contributed by atoms with Gasteiger partial charge < -0.3 is 0 Å². The minimum absolute atomic E-state index is 0.200. The van der Waals surface area contributed by atoms with Crippen LogP contribution in [0.4, 0.5) is 14.5 Å². The molecular formula is C13H9F2N. The maximum atomic E-state index is 13.2. The van der Waals surface area contributed by atoms with Gasteiger partial charge in [0.2, 0.25) is 0 Å². The Kier molecular flexibility index (Phi) is 3.05. The van der Waals surface area contributed by atoms with Crippen molar-refractivity contribution in [3.8, 4) is 0 Å². The molecule has 0 spiro atoms. The molecule has 0 heterocycles. The van der Waals surface area contributed by atoms with E-state index in [0.29, 0.717) is 5.56 Å². The third kappa shape index (κ3) is 2.31. The summed E-state index contributed by atoms with van der Waals surface area (Å²) in [6.45, 7) is 0. The van der Waals surface area contributed by atoms with E-state index in [0.717, 1.165) is 0 Å². The maximum Gasteiger partial charge on any atom is 0.148 e. The lowest BCUT2D eigenvalue weighted by molar-refractivity contribution is 0.625. The van der Waals surface area contributed by atoms with E-state index in [1.807, 2.05) is 0 Å². The van der Waals surface area contributed by atoms with Gasteiger partial charge in [0.25, 0.3) is 0 Å². The van der Waals surface area contributed by atoms with E-state index in [1.54, 1.807) is 30.3 Å². The average Bonchev–Trinajstić information content (AvgIpc) is 2.30. The molecule has 80 valence electrons. The Balaban J connectivity index is 2.29. The highest BCUT2D eigenvalue weighted by molar-refractivity contribution is 5.82. The molecule has 0 aromatic heterocycles. The highest BCUT2D eigenvalue weighted by atomic mass is 19.1. The summed E-state index contributed by atoms with van der Waals surface area (Å²) in [4.78, 5) is 3.90. The Hall–Kier alpha value is -2.03. The number of benzene rings is 2. The van der Waals surface area contributed by atoms with Crippen LogP contribution < -0.4 is 0 Å². The lowest BCUT2D eigenvalue weighted by atomic mass is 10.2. The number of rotatable bonds is 2. The van der Waals surface area contributed by atoms with Crippen molar-refractivity contribution in [2.75, 3.05) is 0 Å². The third-order valence-electron chi connectivity index (χ3n) is 2.10. The molecule has 0 N–H and O–H groups in total. The maximum absolute atomic E-state index is 13.2. The number of hydrogen-bond acceptors (Lipinski definition) is 1. The molecule has 2 aromatic carbocycles. The van der Waals surface area contributed by atoms with Crippen molar-refractivity contribution < 1.29 is 8.78 Å². The van der Waals surface area contributed by atoms with E-state index in [9.17, 15) is 8.78 Å². The largest absolute Gasteiger partial charge is 0.253 e. The van der Waals surface area contributed by atoms with Crippen molar-refractivity contribution in [1.82, 2.24) is 0 Å². The average molecular weight is 217 g/mol. The molecule has 0 aliphatic carbocycles. The van der Waals surface area contributed by atoms with Crippen LogP contribution in [0, 0.1) is 11.6 Å². The van der Waals surface area contributed by atoms with Gasteiger partial charge in [0.15, 0.2) is 0 Å². The second-order valence-electron chi connectivity index (χ2n) is 3.23. The summed E-state index contributed by atoms with van der Waals surface area (Å²) in [7, 11) is 0. The summed E-state index contributed by atoms with van der Waals surface area (Å²) in [5, 5.41) is 0. The fourth-order valence-corrected chi connectivity index (χ4v) is 1.28. The van der Waals surface area contributed by atoms with E-state index in [-0.39, 0.29) is 11.5 Å². The fourth-order valence-electron chi connectivity index (χ4n) is 1.28. The normalized spacial score (nSPS) is 10.9. The smallest absolute Gasteiger partial charge is 0.148 e. The lowest BCUT2D eigenvalue weighted by Gasteiger charge is -1.96. The van der Waals surface area contributed by atoms with Crippen molar-refractivity contribution in [2.45, 2.75) is 0 Å².